The summed E-state index contributed by atoms with van der Waals surface area (Å²) < 4.78 is 0. The van der Waals surface area contributed by atoms with Gasteiger partial charge in [-0.3, -0.25) is 9.59 Å². The van der Waals surface area contributed by atoms with Gasteiger partial charge in [-0.1, -0.05) is 18.5 Å². The lowest BCUT2D eigenvalue weighted by molar-refractivity contribution is -0.141. The minimum atomic E-state index is -0.872. The Balaban J connectivity index is 2.23. The maximum Gasteiger partial charge on any atom is 0.308 e. The molecule has 0 spiro atoms. The molecule has 0 saturated carbocycles. The molecule has 20 heavy (non-hydrogen) atoms. The van der Waals surface area contributed by atoms with Crippen molar-refractivity contribution in [2.24, 2.45) is 5.92 Å². The standard InChI is InChI=1S/C14H18ClNO3S/c1-2-10(14(18)19)9-16-13(17)7-8-20-12-5-3-11(15)4-6-12/h3-6,10H,2,7-9H2,1H3,(H,16,17)(H,18,19). The molecule has 0 heterocycles. The van der Waals surface area contributed by atoms with Gasteiger partial charge in [0.2, 0.25) is 5.91 Å². The molecule has 0 saturated heterocycles. The summed E-state index contributed by atoms with van der Waals surface area (Å²) in [5.74, 6) is -0.852. The van der Waals surface area contributed by atoms with Crippen LogP contribution in [0, 0.1) is 5.92 Å². The maximum absolute atomic E-state index is 11.6. The zero-order valence-electron chi connectivity index (χ0n) is 11.3. The number of carboxylic acid groups (broad SMARTS) is 1. The molecule has 0 aliphatic carbocycles. The SMILES string of the molecule is CCC(CNC(=O)CCSc1ccc(Cl)cc1)C(=O)O. The first-order valence-electron chi connectivity index (χ1n) is 6.40. The fraction of sp³-hybridized carbons (Fsp3) is 0.429. The van der Waals surface area contributed by atoms with E-state index in [1.807, 2.05) is 24.3 Å². The van der Waals surface area contributed by atoms with Crippen LogP contribution in [-0.4, -0.2) is 29.3 Å². The number of thioether (sulfide) groups is 1. The van der Waals surface area contributed by atoms with E-state index in [9.17, 15) is 9.59 Å². The molecule has 0 aliphatic heterocycles. The third kappa shape index (κ3) is 6.30. The topological polar surface area (TPSA) is 66.4 Å². The summed E-state index contributed by atoms with van der Waals surface area (Å²) in [6.07, 6.45) is 0.873. The molecule has 1 unspecified atom stereocenters. The van der Waals surface area contributed by atoms with Crippen molar-refractivity contribution in [3.63, 3.8) is 0 Å². The van der Waals surface area contributed by atoms with Gasteiger partial charge >= 0.3 is 5.97 Å². The van der Waals surface area contributed by atoms with Crippen LogP contribution in [0.15, 0.2) is 29.2 Å². The normalized spacial score (nSPS) is 11.9. The van der Waals surface area contributed by atoms with Crippen LogP contribution in [0.1, 0.15) is 19.8 Å². The average molecular weight is 316 g/mol. The average Bonchev–Trinajstić information content (AvgIpc) is 2.41. The number of carboxylic acids is 1. The number of carbonyl (C=O) groups is 2. The Labute approximate surface area is 127 Å². The molecule has 1 rings (SSSR count). The first kappa shape index (κ1) is 16.9. The summed E-state index contributed by atoms with van der Waals surface area (Å²) >= 11 is 7.35. The number of benzene rings is 1. The van der Waals surface area contributed by atoms with E-state index in [2.05, 4.69) is 5.32 Å². The quantitative estimate of drug-likeness (QED) is 0.724. The van der Waals surface area contributed by atoms with Crippen molar-refractivity contribution in [2.45, 2.75) is 24.7 Å². The first-order chi connectivity index (χ1) is 9.52. The Morgan fingerprint density at radius 1 is 1.35 bits per heavy atom. The molecule has 1 aromatic rings. The van der Waals surface area contributed by atoms with Gasteiger partial charge in [0.1, 0.15) is 0 Å². The number of hydrogen-bond donors (Lipinski definition) is 2. The number of amides is 1. The molecule has 0 fully saturated rings. The van der Waals surface area contributed by atoms with E-state index in [0.717, 1.165) is 4.90 Å². The number of halogens is 1. The van der Waals surface area contributed by atoms with Crippen molar-refractivity contribution in [3.8, 4) is 0 Å². The number of rotatable bonds is 8. The molecule has 110 valence electrons. The highest BCUT2D eigenvalue weighted by Gasteiger charge is 2.15. The molecule has 2 N–H and O–H groups in total. The van der Waals surface area contributed by atoms with Gasteiger partial charge in [-0.25, -0.2) is 0 Å². The van der Waals surface area contributed by atoms with Crippen LogP contribution in [0.2, 0.25) is 5.02 Å². The van der Waals surface area contributed by atoms with Gasteiger partial charge in [-0.05, 0) is 30.7 Å². The van der Waals surface area contributed by atoms with Crippen molar-refractivity contribution in [2.75, 3.05) is 12.3 Å². The predicted octanol–water partition coefficient (Wildman–Crippen LogP) is 3.05. The summed E-state index contributed by atoms with van der Waals surface area (Å²) in [6, 6.07) is 7.43. The highest BCUT2D eigenvalue weighted by atomic mass is 35.5. The largest absolute Gasteiger partial charge is 0.481 e. The van der Waals surface area contributed by atoms with E-state index in [0.29, 0.717) is 23.6 Å². The Bertz CT molecular complexity index is 450. The van der Waals surface area contributed by atoms with Gasteiger partial charge < -0.3 is 10.4 Å². The van der Waals surface area contributed by atoms with Crippen molar-refractivity contribution in [3.05, 3.63) is 29.3 Å². The second kappa shape index (κ2) is 8.87. The molecule has 0 radical (unpaired) electrons. The summed E-state index contributed by atoms with van der Waals surface area (Å²) in [4.78, 5) is 23.5. The summed E-state index contributed by atoms with van der Waals surface area (Å²) in [6.45, 7) is 1.98. The fourth-order valence-electron chi connectivity index (χ4n) is 1.52. The predicted molar refractivity (Wildman–Crippen MR) is 81.2 cm³/mol. The van der Waals surface area contributed by atoms with Crippen molar-refractivity contribution in [1.82, 2.24) is 5.32 Å². The zero-order chi connectivity index (χ0) is 15.0. The van der Waals surface area contributed by atoms with Crippen LogP contribution in [0.4, 0.5) is 0 Å². The number of hydrogen-bond acceptors (Lipinski definition) is 3. The number of nitrogens with one attached hydrogen (secondary N) is 1. The molecule has 0 bridgehead atoms. The zero-order valence-corrected chi connectivity index (χ0v) is 12.8. The van der Waals surface area contributed by atoms with Crippen molar-refractivity contribution >= 4 is 35.2 Å². The third-order valence-electron chi connectivity index (χ3n) is 2.80. The van der Waals surface area contributed by atoms with Crippen molar-refractivity contribution in [1.29, 1.82) is 0 Å². The van der Waals surface area contributed by atoms with Crippen molar-refractivity contribution < 1.29 is 14.7 Å². The Morgan fingerprint density at radius 3 is 2.55 bits per heavy atom. The molecule has 6 heteroatoms. The lowest BCUT2D eigenvalue weighted by Crippen LogP contribution is -2.32. The van der Waals surface area contributed by atoms with E-state index < -0.39 is 11.9 Å². The Morgan fingerprint density at radius 2 is 2.00 bits per heavy atom. The number of aliphatic carboxylic acids is 1. The molecule has 0 aliphatic rings. The van der Waals surface area contributed by atoms with E-state index in [1.165, 1.54) is 0 Å². The smallest absolute Gasteiger partial charge is 0.308 e. The summed E-state index contributed by atoms with van der Waals surface area (Å²) in [5.41, 5.74) is 0. The van der Waals surface area contributed by atoms with E-state index >= 15 is 0 Å². The highest BCUT2D eigenvalue weighted by Crippen LogP contribution is 2.20. The maximum atomic E-state index is 11.6. The van der Waals surface area contributed by atoms with Crippen LogP contribution in [0.5, 0.6) is 0 Å². The lowest BCUT2D eigenvalue weighted by atomic mass is 10.1. The van der Waals surface area contributed by atoms with Gasteiger partial charge in [0.15, 0.2) is 0 Å². The summed E-state index contributed by atoms with van der Waals surface area (Å²) in [7, 11) is 0. The Kier molecular flexibility index (Phi) is 7.47. The van der Waals surface area contributed by atoms with Gasteiger partial charge in [-0.15, -0.1) is 11.8 Å². The van der Waals surface area contributed by atoms with Crippen LogP contribution in [-0.2, 0) is 9.59 Å². The minimum Gasteiger partial charge on any atom is -0.481 e. The lowest BCUT2D eigenvalue weighted by Gasteiger charge is -2.10. The van der Waals surface area contributed by atoms with Crippen LogP contribution < -0.4 is 5.32 Å². The molecule has 1 atom stereocenters. The molecule has 0 aromatic heterocycles. The molecular formula is C14H18ClNO3S. The highest BCUT2D eigenvalue weighted by molar-refractivity contribution is 7.99. The van der Waals surface area contributed by atoms with E-state index in [-0.39, 0.29) is 12.5 Å². The van der Waals surface area contributed by atoms with Gasteiger partial charge in [-0.2, -0.15) is 0 Å². The minimum absolute atomic E-state index is 0.119. The van der Waals surface area contributed by atoms with Gasteiger partial charge in [0.05, 0.1) is 5.92 Å². The van der Waals surface area contributed by atoms with E-state index in [1.54, 1.807) is 18.7 Å². The molecule has 4 nitrogen and oxygen atoms in total. The Hall–Kier alpha value is -1.20. The van der Waals surface area contributed by atoms with E-state index in [4.69, 9.17) is 16.7 Å². The second-order valence-electron chi connectivity index (χ2n) is 4.30. The first-order valence-corrected chi connectivity index (χ1v) is 7.77. The summed E-state index contributed by atoms with van der Waals surface area (Å²) in [5, 5.41) is 12.2. The van der Waals surface area contributed by atoms with Gasteiger partial charge in [0.25, 0.3) is 0 Å². The molecule has 1 aromatic carbocycles. The fourth-order valence-corrected chi connectivity index (χ4v) is 2.50. The third-order valence-corrected chi connectivity index (χ3v) is 4.06. The van der Waals surface area contributed by atoms with Crippen LogP contribution >= 0.6 is 23.4 Å². The second-order valence-corrected chi connectivity index (χ2v) is 5.90. The number of carbonyl (C=O) groups excluding carboxylic acids is 1. The monoisotopic (exact) mass is 315 g/mol. The molecule has 1 amide bonds. The van der Waals surface area contributed by atoms with Crippen LogP contribution in [0.3, 0.4) is 0 Å². The van der Waals surface area contributed by atoms with Gasteiger partial charge in [0, 0.05) is 28.6 Å². The van der Waals surface area contributed by atoms with Crippen LogP contribution in [0.25, 0.3) is 0 Å². The molecular weight excluding hydrogens is 298 g/mol.